The van der Waals surface area contributed by atoms with E-state index in [0.29, 0.717) is 5.56 Å². The number of hydrogen-bond donors (Lipinski definition) is 3. The summed E-state index contributed by atoms with van der Waals surface area (Å²) in [6.07, 6.45) is -1.16. The minimum absolute atomic E-state index is 0.00128. The molecule has 2 fully saturated rings. The van der Waals surface area contributed by atoms with Gasteiger partial charge in [-0.05, 0) is 67.0 Å². The Balaban J connectivity index is 1.38. The topological polar surface area (TPSA) is 145 Å². The van der Waals surface area contributed by atoms with Crippen LogP contribution < -0.4 is 10.0 Å². The van der Waals surface area contributed by atoms with Crippen molar-refractivity contribution < 1.29 is 39.9 Å². The van der Waals surface area contributed by atoms with E-state index >= 15 is 0 Å². The Hall–Kier alpha value is -3.59. The molecule has 10 nitrogen and oxygen atoms in total. The van der Waals surface area contributed by atoms with Crippen LogP contribution in [0.2, 0.25) is 0 Å². The van der Waals surface area contributed by atoms with Gasteiger partial charge in [-0.1, -0.05) is 12.1 Å². The lowest BCUT2D eigenvalue weighted by Crippen LogP contribution is -2.53. The quantitative estimate of drug-likeness (QED) is 0.466. The first-order valence-electron chi connectivity index (χ1n) is 12.8. The number of rotatable bonds is 5. The van der Waals surface area contributed by atoms with Crippen LogP contribution in [0.4, 0.5) is 24.5 Å². The Morgan fingerprint density at radius 3 is 2.46 bits per heavy atom. The Morgan fingerprint density at radius 1 is 1.12 bits per heavy atom. The van der Waals surface area contributed by atoms with E-state index in [4.69, 9.17) is 0 Å². The van der Waals surface area contributed by atoms with Crippen molar-refractivity contribution in [2.24, 2.45) is 22.2 Å². The van der Waals surface area contributed by atoms with Gasteiger partial charge in [-0.15, -0.1) is 4.40 Å². The van der Waals surface area contributed by atoms with Gasteiger partial charge in [-0.25, -0.2) is 8.42 Å². The summed E-state index contributed by atoms with van der Waals surface area (Å²) >= 11 is 0. The molecule has 1 unspecified atom stereocenters. The Labute approximate surface area is 234 Å². The monoisotopic (exact) mass is 610 g/mol. The molecule has 2 saturated carbocycles. The fourth-order valence-corrected chi connectivity index (χ4v) is 8.29. The van der Waals surface area contributed by atoms with Crippen molar-refractivity contribution in [2.75, 3.05) is 16.3 Å². The van der Waals surface area contributed by atoms with Crippen molar-refractivity contribution >= 4 is 43.2 Å². The molecule has 2 heterocycles. The maximum Gasteiger partial charge on any atom is 0.416 e. The molecule has 2 aromatic carbocycles. The Morgan fingerprint density at radius 2 is 1.80 bits per heavy atom. The van der Waals surface area contributed by atoms with E-state index in [2.05, 4.69) is 14.4 Å². The summed E-state index contributed by atoms with van der Waals surface area (Å²) in [4.78, 5) is 15.1. The van der Waals surface area contributed by atoms with Gasteiger partial charge in [0.25, 0.3) is 15.9 Å². The zero-order chi connectivity index (χ0) is 29.5. The van der Waals surface area contributed by atoms with Gasteiger partial charge in [0, 0.05) is 24.2 Å². The number of benzene rings is 2. The zero-order valence-corrected chi connectivity index (χ0v) is 23.1. The van der Waals surface area contributed by atoms with Crippen LogP contribution in [0.25, 0.3) is 0 Å². The minimum atomic E-state index is -4.51. The number of alkyl halides is 3. The number of aliphatic hydroxyl groups excluding tert-OH is 1. The van der Waals surface area contributed by atoms with Crippen LogP contribution >= 0.6 is 0 Å². The van der Waals surface area contributed by atoms with Crippen molar-refractivity contribution in [3.8, 4) is 0 Å². The van der Waals surface area contributed by atoms with Crippen molar-refractivity contribution in [1.29, 1.82) is 0 Å². The molecule has 2 aliphatic heterocycles. The van der Waals surface area contributed by atoms with E-state index in [0.717, 1.165) is 43.7 Å². The van der Waals surface area contributed by atoms with Crippen LogP contribution in [0, 0.1) is 17.8 Å². The fraction of sp³-hybridized carbons (Fsp3) is 0.385. The number of anilines is 2. The van der Waals surface area contributed by atoms with Crippen molar-refractivity contribution in [2.45, 2.75) is 42.9 Å². The maximum absolute atomic E-state index is 14.0. The molecular weight excluding hydrogens is 585 g/mol. The number of aliphatic hydroxyl groups is 1. The van der Waals surface area contributed by atoms with E-state index < -0.39 is 43.6 Å². The fourth-order valence-electron chi connectivity index (χ4n) is 6.59. The molecule has 6 rings (SSSR count). The summed E-state index contributed by atoms with van der Waals surface area (Å²) in [7, 11) is -8.11. The second-order valence-corrected chi connectivity index (χ2v) is 14.2. The van der Waals surface area contributed by atoms with Gasteiger partial charge in [0.15, 0.2) is 5.84 Å². The first-order valence-corrected chi connectivity index (χ1v) is 16.1. The number of amidine groups is 1. The number of carbonyl (C=O) groups is 1. The van der Waals surface area contributed by atoms with Crippen LogP contribution in [0.1, 0.15) is 30.4 Å². The third-order valence-electron chi connectivity index (χ3n) is 8.18. The van der Waals surface area contributed by atoms with Crippen molar-refractivity contribution in [3.05, 3.63) is 64.9 Å². The summed E-state index contributed by atoms with van der Waals surface area (Å²) in [6.45, 7) is -0.0325. The molecule has 0 saturated heterocycles. The number of amides is 1. The summed E-state index contributed by atoms with van der Waals surface area (Å²) < 4.78 is 94.8. The van der Waals surface area contributed by atoms with Gasteiger partial charge in [-0.2, -0.15) is 21.6 Å². The highest BCUT2D eigenvalue weighted by molar-refractivity contribution is 7.92. The summed E-state index contributed by atoms with van der Waals surface area (Å²) in [5, 5.41) is 14.2. The van der Waals surface area contributed by atoms with Gasteiger partial charge in [0.05, 0.1) is 17.5 Å². The number of nitrogens with one attached hydrogen (secondary N) is 2. The van der Waals surface area contributed by atoms with Crippen LogP contribution in [0.15, 0.2) is 63.1 Å². The molecule has 4 atom stereocenters. The van der Waals surface area contributed by atoms with Crippen molar-refractivity contribution in [1.82, 2.24) is 4.90 Å². The molecule has 2 bridgehead atoms. The molecule has 0 aromatic heterocycles. The average molecular weight is 611 g/mol. The lowest BCUT2D eigenvalue weighted by molar-refractivity contribution is -0.138. The van der Waals surface area contributed by atoms with Crippen LogP contribution in [0.3, 0.4) is 0 Å². The highest BCUT2D eigenvalue weighted by Gasteiger charge is 2.57. The Bertz CT molecular complexity index is 1740. The van der Waals surface area contributed by atoms with E-state index in [-0.39, 0.29) is 57.9 Å². The lowest BCUT2D eigenvalue weighted by atomic mass is 9.77. The number of hydrogen-bond acceptors (Lipinski definition) is 7. The van der Waals surface area contributed by atoms with Gasteiger partial charge in [0.2, 0.25) is 10.0 Å². The molecule has 218 valence electrons. The number of nitrogens with zero attached hydrogens (tertiary/aromatic N) is 2. The highest BCUT2D eigenvalue weighted by atomic mass is 32.2. The predicted molar refractivity (Wildman–Crippen MR) is 143 cm³/mol. The third kappa shape index (κ3) is 4.84. The van der Waals surface area contributed by atoms with E-state index in [1.807, 2.05) is 0 Å². The first kappa shape index (κ1) is 27.6. The Kier molecular flexibility index (Phi) is 6.19. The number of halogens is 3. The molecule has 0 radical (unpaired) electrons. The predicted octanol–water partition coefficient (Wildman–Crippen LogP) is 3.86. The van der Waals surface area contributed by atoms with E-state index in [9.17, 15) is 39.9 Å². The number of sulfonamides is 2. The van der Waals surface area contributed by atoms with Crippen LogP contribution in [-0.2, 0) is 37.6 Å². The minimum Gasteiger partial charge on any atom is -0.511 e. The lowest BCUT2D eigenvalue weighted by Gasteiger charge is -2.44. The molecule has 41 heavy (non-hydrogen) atoms. The summed E-state index contributed by atoms with van der Waals surface area (Å²) in [6, 6.07) is 7.86. The molecule has 2 aliphatic carbocycles. The third-order valence-corrected chi connectivity index (χ3v) is 10.1. The van der Waals surface area contributed by atoms with E-state index in [1.54, 1.807) is 0 Å². The summed E-state index contributed by atoms with van der Waals surface area (Å²) in [5.74, 6) is -1.62. The van der Waals surface area contributed by atoms with Gasteiger partial charge >= 0.3 is 6.18 Å². The first-order chi connectivity index (χ1) is 19.1. The average Bonchev–Trinajstić information content (AvgIpc) is 3.48. The molecule has 4 aliphatic rings. The van der Waals surface area contributed by atoms with Crippen LogP contribution in [0.5, 0.6) is 0 Å². The maximum atomic E-state index is 14.0. The smallest absolute Gasteiger partial charge is 0.416 e. The number of carbonyl (C=O) groups excluding carboxylic acids is 1. The standard InChI is InChI=1S/C26H25F3N4O6S2/c1-40(36,37)31-17-8-9-18-19(11-17)41(38,39)32-24(30-18)21-23(34)20-14-4-5-15(10-14)22(20)33(25(21)35)12-13-2-6-16(7-3-13)26(27,28)29/h2-3,6-9,11,14-15,20,22,31,34H,4-5,10,12H2,1H3,(H,30,32)/t14?,15-,20+,22-/m0/s1. The largest absolute Gasteiger partial charge is 0.511 e. The van der Waals surface area contributed by atoms with Crippen LogP contribution in [-0.4, -0.2) is 50.9 Å². The molecule has 2 aromatic rings. The second-order valence-electron chi connectivity index (χ2n) is 10.9. The number of fused-ring (bicyclic) bond motifs is 6. The highest BCUT2D eigenvalue weighted by Crippen LogP contribution is 2.55. The van der Waals surface area contributed by atoms with Gasteiger partial charge < -0.3 is 15.3 Å². The van der Waals surface area contributed by atoms with Gasteiger partial charge in [0.1, 0.15) is 16.2 Å². The molecule has 3 N–H and O–H groups in total. The zero-order valence-electron chi connectivity index (χ0n) is 21.5. The normalized spacial score (nSPS) is 26.8. The van der Waals surface area contributed by atoms with E-state index in [1.165, 1.54) is 29.2 Å². The molecule has 1 amide bonds. The second kappa shape index (κ2) is 9.21. The SMILES string of the molecule is CS(=O)(=O)Nc1ccc2c(c1)S(=O)(=O)N=C(C1=C(O)[C@@H]3C4CC[C@@H](C4)[C@@H]3N(Cc3ccc(C(F)(F)F)cc3)C1=O)N2. The van der Waals surface area contributed by atoms with Gasteiger partial charge in [-0.3, -0.25) is 9.52 Å². The molecule has 0 spiro atoms. The van der Waals surface area contributed by atoms with Crippen molar-refractivity contribution in [3.63, 3.8) is 0 Å². The molecular formula is C26H25F3N4O6S2. The molecule has 15 heteroatoms. The summed E-state index contributed by atoms with van der Waals surface area (Å²) in [5.41, 5.74) is -0.638.